The van der Waals surface area contributed by atoms with Crippen LogP contribution in [0.15, 0.2) is 34.9 Å². The second-order valence-corrected chi connectivity index (χ2v) is 6.25. The molecule has 0 bridgehead atoms. The van der Waals surface area contributed by atoms with E-state index in [1.54, 1.807) is 25.3 Å². The van der Waals surface area contributed by atoms with Crippen molar-refractivity contribution < 1.29 is 18.5 Å². The average molecular weight is 338 g/mol. The van der Waals surface area contributed by atoms with Crippen LogP contribution in [0.5, 0.6) is 0 Å². The normalized spacial score (nSPS) is 15.9. The zero-order valence-corrected chi connectivity index (χ0v) is 13.7. The Bertz CT molecular complexity index is 708. The molecule has 0 aliphatic carbocycles. The van der Waals surface area contributed by atoms with Gasteiger partial charge in [0.1, 0.15) is 18.1 Å². The zero-order chi connectivity index (χ0) is 16.4. The molecular weight excluding hydrogens is 319 g/mol. The summed E-state index contributed by atoms with van der Waals surface area (Å²) in [6, 6.07) is 6.23. The molecule has 1 fully saturated rings. The number of carbonyl (C=O) groups excluding carboxylic acids is 1. The molecular formula is C17H19ClFN2O2+. The maximum absolute atomic E-state index is 13.1. The molecule has 0 unspecified atom stereocenters. The number of amides is 1. The van der Waals surface area contributed by atoms with Crippen molar-refractivity contribution in [2.45, 2.75) is 13.5 Å². The number of hydrogen-bond acceptors (Lipinski definition) is 2. The first kappa shape index (κ1) is 16.0. The molecule has 1 aliphatic rings. The molecule has 0 spiro atoms. The lowest BCUT2D eigenvalue weighted by Gasteiger charge is -2.32. The fourth-order valence-corrected chi connectivity index (χ4v) is 3.15. The highest BCUT2D eigenvalue weighted by Gasteiger charge is 2.26. The quantitative estimate of drug-likeness (QED) is 0.929. The lowest BCUT2D eigenvalue weighted by molar-refractivity contribution is -0.917. The number of halogens is 2. The summed E-state index contributed by atoms with van der Waals surface area (Å²) >= 11 is 6.08. The van der Waals surface area contributed by atoms with E-state index < -0.39 is 0 Å². The molecule has 1 amide bonds. The lowest BCUT2D eigenvalue weighted by Crippen LogP contribution is -3.13. The van der Waals surface area contributed by atoms with E-state index >= 15 is 0 Å². The van der Waals surface area contributed by atoms with Crippen molar-refractivity contribution >= 4 is 17.5 Å². The van der Waals surface area contributed by atoms with Crippen LogP contribution in [0.1, 0.15) is 21.7 Å². The van der Waals surface area contributed by atoms with Gasteiger partial charge in [0.25, 0.3) is 5.91 Å². The number of piperazine rings is 1. The van der Waals surface area contributed by atoms with Gasteiger partial charge in [-0.05, 0) is 31.2 Å². The summed E-state index contributed by atoms with van der Waals surface area (Å²) in [6.07, 6.45) is 1.54. The molecule has 0 radical (unpaired) electrons. The Morgan fingerprint density at radius 3 is 2.70 bits per heavy atom. The van der Waals surface area contributed by atoms with E-state index in [4.69, 9.17) is 16.0 Å². The molecule has 1 aromatic heterocycles. The number of rotatable bonds is 3. The van der Waals surface area contributed by atoms with E-state index in [2.05, 4.69) is 0 Å². The average Bonchev–Trinajstić information content (AvgIpc) is 2.96. The van der Waals surface area contributed by atoms with Crippen molar-refractivity contribution in [3.8, 4) is 0 Å². The topological polar surface area (TPSA) is 37.9 Å². The van der Waals surface area contributed by atoms with Crippen molar-refractivity contribution in [3.05, 3.63) is 58.3 Å². The van der Waals surface area contributed by atoms with E-state index in [9.17, 15) is 9.18 Å². The molecule has 4 nitrogen and oxygen atoms in total. The van der Waals surface area contributed by atoms with E-state index in [-0.39, 0.29) is 11.7 Å². The highest BCUT2D eigenvalue weighted by molar-refractivity contribution is 6.31. The van der Waals surface area contributed by atoms with Gasteiger partial charge in [0.15, 0.2) is 0 Å². The largest absolute Gasteiger partial charge is 0.469 e. The van der Waals surface area contributed by atoms with Crippen molar-refractivity contribution in [3.63, 3.8) is 0 Å². The number of carbonyl (C=O) groups is 1. The summed E-state index contributed by atoms with van der Waals surface area (Å²) in [5, 5.41) is 0.463. The molecule has 0 saturated carbocycles. The molecule has 1 saturated heterocycles. The van der Waals surface area contributed by atoms with E-state index in [1.165, 1.54) is 17.0 Å². The highest BCUT2D eigenvalue weighted by atomic mass is 35.5. The second kappa shape index (κ2) is 6.72. The molecule has 0 atom stereocenters. The lowest BCUT2D eigenvalue weighted by atomic mass is 10.1. The predicted molar refractivity (Wildman–Crippen MR) is 85.2 cm³/mol. The summed E-state index contributed by atoms with van der Waals surface area (Å²) in [5.41, 5.74) is 1.57. The molecule has 122 valence electrons. The smallest absolute Gasteiger partial charge is 0.257 e. The van der Waals surface area contributed by atoms with Crippen LogP contribution >= 0.6 is 11.6 Å². The minimum Gasteiger partial charge on any atom is -0.469 e. The Labute approximate surface area is 139 Å². The Morgan fingerprint density at radius 1 is 1.35 bits per heavy atom. The first-order chi connectivity index (χ1) is 11.0. The third kappa shape index (κ3) is 3.57. The summed E-state index contributed by atoms with van der Waals surface area (Å²) in [4.78, 5) is 15.6. The minimum atomic E-state index is -0.320. The van der Waals surface area contributed by atoms with Gasteiger partial charge in [0.2, 0.25) is 0 Å². The number of nitrogens with zero attached hydrogens (tertiary/aromatic N) is 1. The van der Waals surface area contributed by atoms with Gasteiger partial charge in [-0.3, -0.25) is 4.79 Å². The summed E-state index contributed by atoms with van der Waals surface area (Å²) in [5.74, 6) is 0.359. The van der Waals surface area contributed by atoms with Crippen molar-refractivity contribution in [1.82, 2.24) is 4.90 Å². The SMILES string of the molecule is Cc1occc1C(=O)N1CC[NH+](Cc2ccc(F)cc2Cl)CC1. The number of quaternary nitrogens is 1. The van der Waals surface area contributed by atoms with Crippen LogP contribution in [-0.2, 0) is 6.54 Å². The Balaban J connectivity index is 1.58. The molecule has 23 heavy (non-hydrogen) atoms. The van der Waals surface area contributed by atoms with Gasteiger partial charge in [0.05, 0.1) is 43.0 Å². The number of furan rings is 1. The molecule has 1 aromatic carbocycles. The molecule has 6 heteroatoms. The van der Waals surface area contributed by atoms with Gasteiger partial charge in [-0.2, -0.15) is 0 Å². The van der Waals surface area contributed by atoms with Crippen LogP contribution in [0, 0.1) is 12.7 Å². The first-order valence-corrected chi connectivity index (χ1v) is 8.03. The fraction of sp³-hybridized carbons (Fsp3) is 0.353. The van der Waals surface area contributed by atoms with Crippen molar-refractivity contribution in [1.29, 1.82) is 0 Å². The van der Waals surface area contributed by atoms with Crippen LogP contribution in [0.2, 0.25) is 5.02 Å². The van der Waals surface area contributed by atoms with Gasteiger partial charge >= 0.3 is 0 Å². The summed E-state index contributed by atoms with van der Waals surface area (Å²) in [7, 11) is 0. The van der Waals surface area contributed by atoms with Crippen LogP contribution in [0.3, 0.4) is 0 Å². The minimum absolute atomic E-state index is 0.0233. The van der Waals surface area contributed by atoms with Crippen LogP contribution in [0.25, 0.3) is 0 Å². The van der Waals surface area contributed by atoms with Crippen molar-refractivity contribution in [2.75, 3.05) is 26.2 Å². The molecule has 3 rings (SSSR count). The third-order valence-electron chi connectivity index (χ3n) is 4.30. The van der Waals surface area contributed by atoms with Gasteiger partial charge in [-0.1, -0.05) is 11.6 Å². The van der Waals surface area contributed by atoms with E-state index in [0.717, 1.165) is 25.2 Å². The maximum atomic E-state index is 13.1. The number of benzene rings is 1. The zero-order valence-electron chi connectivity index (χ0n) is 12.9. The standard InChI is InChI=1S/C17H18ClFN2O2/c1-12-15(4-9-23-12)17(22)21-7-5-20(6-8-21)11-13-2-3-14(19)10-16(13)18/h2-4,9-10H,5-8,11H2,1H3/p+1. The molecule has 1 N–H and O–H groups in total. The Kier molecular flexibility index (Phi) is 4.68. The van der Waals surface area contributed by atoms with Crippen molar-refractivity contribution in [2.24, 2.45) is 0 Å². The maximum Gasteiger partial charge on any atom is 0.257 e. The number of hydrogen-bond donors (Lipinski definition) is 1. The Hall–Kier alpha value is -1.85. The number of aryl methyl sites for hydroxylation is 1. The van der Waals surface area contributed by atoms with Gasteiger partial charge in [-0.25, -0.2) is 4.39 Å². The predicted octanol–water partition coefficient (Wildman–Crippen LogP) is 1.92. The highest BCUT2D eigenvalue weighted by Crippen LogP contribution is 2.16. The molecule has 2 heterocycles. The molecule has 2 aromatic rings. The fourth-order valence-electron chi connectivity index (χ4n) is 2.91. The second-order valence-electron chi connectivity index (χ2n) is 5.85. The van der Waals surface area contributed by atoms with Gasteiger partial charge in [0, 0.05) is 5.56 Å². The van der Waals surface area contributed by atoms with Crippen LogP contribution in [0.4, 0.5) is 4.39 Å². The van der Waals surface area contributed by atoms with Crippen LogP contribution < -0.4 is 4.90 Å². The van der Waals surface area contributed by atoms with Gasteiger partial charge in [-0.15, -0.1) is 0 Å². The van der Waals surface area contributed by atoms with E-state index in [1.807, 2.05) is 4.90 Å². The summed E-state index contributed by atoms with van der Waals surface area (Å²) < 4.78 is 18.3. The van der Waals surface area contributed by atoms with E-state index in [0.29, 0.717) is 29.4 Å². The summed E-state index contributed by atoms with van der Waals surface area (Å²) in [6.45, 7) is 5.61. The third-order valence-corrected chi connectivity index (χ3v) is 4.65. The monoisotopic (exact) mass is 337 g/mol. The molecule has 1 aliphatic heterocycles. The number of nitrogens with one attached hydrogen (secondary N) is 1. The Morgan fingerprint density at radius 2 is 2.09 bits per heavy atom. The van der Waals surface area contributed by atoms with Gasteiger partial charge < -0.3 is 14.2 Å². The van der Waals surface area contributed by atoms with Crippen LogP contribution in [-0.4, -0.2) is 37.0 Å². The first-order valence-electron chi connectivity index (χ1n) is 7.65.